The summed E-state index contributed by atoms with van der Waals surface area (Å²) in [7, 11) is 3.25. The summed E-state index contributed by atoms with van der Waals surface area (Å²) in [6.45, 7) is 0.457. The molecule has 0 fully saturated rings. The van der Waals surface area contributed by atoms with Crippen molar-refractivity contribution in [3.05, 3.63) is 84.0 Å². The highest BCUT2D eigenvalue weighted by Gasteiger charge is 2.15. The number of anilines is 1. The largest absolute Gasteiger partial charge is 0.497 e. The summed E-state index contributed by atoms with van der Waals surface area (Å²) in [5, 5.41) is 8.05. The second-order valence-electron chi connectivity index (χ2n) is 7.29. The molecule has 33 heavy (non-hydrogen) atoms. The van der Waals surface area contributed by atoms with Gasteiger partial charge in [-0.05, 0) is 17.7 Å². The number of rotatable bonds is 8. The van der Waals surface area contributed by atoms with Gasteiger partial charge in [0.1, 0.15) is 23.5 Å². The Morgan fingerprint density at radius 3 is 2.64 bits per heavy atom. The van der Waals surface area contributed by atoms with Gasteiger partial charge in [-0.1, -0.05) is 30.3 Å². The molecule has 5 rings (SSSR count). The fraction of sp³-hybridized carbons (Fsp3) is 0.167. The lowest BCUT2D eigenvalue weighted by molar-refractivity contribution is 0.391. The van der Waals surface area contributed by atoms with E-state index in [4.69, 9.17) is 29.0 Å². The number of benzene rings is 2. The van der Waals surface area contributed by atoms with Gasteiger partial charge in [-0.15, -0.1) is 5.10 Å². The minimum Gasteiger partial charge on any atom is -0.497 e. The number of methoxy groups -OCH3 is 2. The van der Waals surface area contributed by atoms with E-state index in [1.807, 2.05) is 42.5 Å². The molecule has 0 aliphatic carbocycles. The van der Waals surface area contributed by atoms with E-state index >= 15 is 0 Å². The summed E-state index contributed by atoms with van der Waals surface area (Å²) in [6, 6.07) is 17.6. The van der Waals surface area contributed by atoms with E-state index in [1.165, 1.54) is 6.26 Å². The maximum atomic E-state index is 5.52. The van der Waals surface area contributed by atoms with Crippen molar-refractivity contribution >= 4 is 11.6 Å². The molecular weight excluding hydrogens is 420 g/mol. The number of hydrogen-bond acceptors (Lipinski definition) is 8. The van der Waals surface area contributed by atoms with Crippen LogP contribution in [0, 0.1) is 0 Å². The molecule has 0 bridgehead atoms. The molecule has 1 N–H and O–H groups in total. The summed E-state index contributed by atoms with van der Waals surface area (Å²) in [5.41, 5.74) is 3.29. The predicted molar refractivity (Wildman–Crippen MR) is 122 cm³/mol. The van der Waals surface area contributed by atoms with E-state index in [1.54, 1.807) is 24.9 Å². The Morgan fingerprint density at radius 1 is 1.00 bits per heavy atom. The van der Waals surface area contributed by atoms with Gasteiger partial charge in [0.2, 0.25) is 11.8 Å². The lowest BCUT2D eigenvalue weighted by atomic mass is 10.1. The van der Waals surface area contributed by atoms with Crippen LogP contribution in [0.1, 0.15) is 17.0 Å². The van der Waals surface area contributed by atoms with Gasteiger partial charge in [-0.3, -0.25) is 0 Å². The summed E-state index contributed by atoms with van der Waals surface area (Å²) >= 11 is 0. The first kappa shape index (κ1) is 20.5. The van der Waals surface area contributed by atoms with Crippen LogP contribution in [0.15, 0.2) is 71.5 Å². The molecule has 0 radical (unpaired) electrons. The molecule has 5 aromatic rings. The molecule has 3 heterocycles. The van der Waals surface area contributed by atoms with Gasteiger partial charge in [0, 0.05) is 30.7 Å². The second kappa shape index (κ2) is 8.99. The molecule has 0 aliphatic rings. The van der Waals surface area contributed by atoms with Crippen LogP contribution in [-0.2, 0) is 13.0 Å². The highest BCUT2D eigenvalue weighted by Crippen LogP contribution is 2.26. The van der Waals surface area contributed by atoms with Crippen LogP contribution in [0.25, 0.3) is 17.2 Å². The monoisotopic (exact) mass is 442 g/mol. The van der Waals surface area contributed by atoms with Crippen molar-refractivity contribution in [2.24, 2.45) is 0 Å². The predicted octanol–water partition coefficient (Wildman–Crippen LogP) is 4.00. The Hall–Kier alpha value is -4.40. The van der Waals surface area contributed by atoms with Crippen molar-refractivity contribution < 1.29 is 13.9 Å². The van der Waals surface area contributed by atoms with Gasteiger partial charge in [0.05, 0.1) is 20.4 Å². The normalized spacial score (nSPS) is 11.0. The molecule has 2 aromatic carbocycles. The molecule has 166 valence electrons. The standard InChI is InChI=1S/C24H22N6O3/c1-31-18-9-8-17(20(13-18)32-2)15-26-24-27-19(23-25-10-11-33-23)14-22-28-21(29-30(22)24)12-16-6-4-3-5-7-16/h3-11,13-14H,12,15H2,1-2H3,(H,26,27). The van der Waals surface area contributed by atoms with Crippen molar-refractivity contribution in [2.45, 2.75) is 13.0 Å². The minimum absolute atomic E-state index is 0.412. The molecule has 3 aromatic heterocycles. The Balaban J connectivity index is 1.50. The van der Waals surface area contributed by atoms with E-state index < -0.39 is 0 Å². The minimum atomic E-state index is 0.412. The summed E-state index contributed by atoms with van der Waals surface area (Å²) < 4.78 is 18.0. The van der Waals surface area contributed by atoms with Gasteiger partial charge in [-0.2, -0.15) is 4.52 Å². The summed E-state index contributed by atoms with van der Waals surface area (Å²) in [5.74, 6) is 3.06. The van der Waals surface area contributed by atoms with Crippen molar-refractivity contribution in [3.63, 3.8) is 0 Å². The number of ether oxygens (including phenoxy) is 2. The molecule has 0 atom stereocenters. The van der Waals surface area contributed by atoms with E-state index in [9.17, 15) is 0 Å². The fourth-order valence-electron chi connectivity index (χ4n) is 3.53. The summed E-state index contributed by atoms with van der Waals surface area (Å²) in [6.07, 6.45) is 3.71. The Morgan fingerprint density at radius 2 is 1.88 bits per heavy atom. The maximum absolute atomic E-state index is 5.52. The number of nitrogens with one attached hydrogen (secondary N) is 1. The van der Waals surface area contributed by atoms with Crippen LogP contribution in [0.4, 0.5) is 5.95 Å². The fourth-order valence-corrected chi connectivity index (χ4v) is 3.53. The van der Waals surface area contributed by atoms with Gasteiger partial charge in [0.25, 0.3) is 0 Å². The molecule has 0 amide bonds. The average Bonchev–Trinajstić information content (AvgIpc) is 3.53. The second-order valence-corrected chi connectivity index (χ2v) is 7.29. The van der Waals surface area contributed by atoms with Crippen molar-refractivity contribution in [3.8, 4) is 23.1 Å². The molecule has 0 unspecified atom stereocenters. The van der Waals surface area contributed by atoms with Crippen LogP contribution in [0.5, 0.6) is 11.5 Å². The number of fused-ring (bicyclic) bond motifs is 1. The van der Waals surface area contributed by atoms with Gasteiger partial charge < -0.3 is 19.2 Å². The lowest BCUT2D eigenvalue weighted by Crippen LogP contribution is -2.09. The van der Waals surface area contributed by atoms with E-state index in [2.05, 4.69) is 22.4 Å². The third-order valence-electron chi connectivity index (χ3n) is 5.16. The number of nitrogens with zero attached hydrogens (tertiary/aromatic N) is 5. The first-order chi connectivity index (χ1) is 16.2. The molecule has 0 saturated carbocycles. The van der Waals surface area contributed by atoms with Crippen molar-refractivity contribution in [1.82, 2.24) is 24.6 Å². The van der Waals surface area contributed by atoms with Crippen LogP contribution in [0.2, 0.25) is 0 Å². The van der Waals surface area contributed by atoms with Gasteiger partial charge in [0.15, 0.2) is 11.5 Å². The van der Waals surface area contributed by atoms with E-state index in [-0.39, 0.29) is 0 Å². The zero-order chi connectivity index (χ0) is 22.6. The van der Waals surface area contributed by atoms with Gasteiger partial charge >= 0.3 is 0 Å². The number of oxazole rings is 1. The molecular formula is C24H22N6O3. The Bertz CT molecular complexity index is 1370. The van der Waals surface area contributed by atoms with Crippen molar-refractivity contribution in [2.75, 3.05) is 19.5 Å². The first-order valence-electron chi connectivity index (χ1n) is 10.4. The average molecular weight is 442 g/mol. The number of aromatic nitrogens is 5. The lowest BCUT2D eigenvalue weighted by Gasteiger charge is -2.12. The van der Waals surface area contributed by atoms with Crippen molar-refractivity contribution in [1.29, 1.82) is 0 Å². The van der Waals surface area contributed by atoms with E-state index in [0.717, 1.165) is 16.9 Å². The molecule has 0 spiro atoms. The zero-order valence-electron chi connectivity index (χ0n) is 18.2. The number of hydrogen-bond donors (Lipinski definition) is 1. The maximum Gasteiger partial charge on any atom is 0.245 e. The summed E-state index contributed by atoms with van der Waals surface area (Å²) in [4.78, 5) is 13.6. The van der Waals surface area contributed by atoms with Crippen LogP contribution in [-0.4, -0.2) is 38.8 Å². The Labute approximate surface area is 190 Å². The topological polar surface area (TPSA) is 99.6 Å². The SMILES string of the molecule is COc1ccc(CNc2nc(-c3ncco3)cc3nc(Cc4ccccc4)nn23)c(OC)c1. The molecule has 0 aliphatic heterocycles. The van der Waals surface area contributed by atoms with Crippen LogP contribution >= 0.6 is 0 Å². The first-order valence-corrected chi connectivity index (χ1v) is 10.4. The highest BCUT2D eigenvalue weighted by atomic mass is 16.5. The zero-order valence-corrected chi connectivity index (χ0v) is 18.2. The third-order valence-corrected chi connectivity index (χ3v) is 5.16. The molecule has 9 heteroatoms. The third kappa shape index (κ3) is 4.33. The smallest absolute Gasteiger partial charge is 0.245 e. The van der Waals surface area contributed by atoms with Crippen LogP contribution in [0.3, 0.4) is 0 Å². The molecule has 0 saturated heterocycles. The molecule has 9 nitrogen and oxygen atoms in total. The van der Waals surface area contributed by atoms with E-state index in [0.29, 0.717) is 47.7 Å². The van der Waals surface area contributed by atoms with Crippen LogP contribution < -0.4 is 14.8 Å². The van der Waals surface area contributed by atoms with Gasteiger partial charge in [-0.25, -0.2) is 15.0 Å². The quantitative estimate of drug-likeness (QED) is 0.385. The highest BCUT2D eigenvalue weighted by molar-refractivity contribution is 5.59. The Kier molecular flexibility index (Phi) is 5.59.